The van der Waals surface area contributed by atoms with Crippen molar-refractivity contribution in [3.05, 3.63) is 30.3 Å². The molecule has 0 fully saturated rings. The molecule has 1 amide bonds. The minimum Gasteiger partial charge on any atom is -0.479 e. The van der Waals surface area contributed by atoms with Gasteiger partial charge in [0.25, 0.3) is 5.91 Å². The molecule has 0 saturated carbocycles. The van der Waals surface area contributed by atoms with Crippen molar-refractivity contribution < 1.29 is 13.9 Å². The Labute approximate surface area is 109 Å². The van der Waals surface area contributed by atoms with Crippen LogP contribution in [0.1, 0.15) is 12.8 Å². The number of fused-ring (bicyclic) bond motifs is 1. The molecule has 1 aliphatic heterocycles. The number of carbonyl (C=O) groups excluding carboxylic acids is 1. The van der Waals surface area contributed by atoms with E-state index in [1.54, 1.807) is 25.3 Å². The first-order valence-corrected chi connectivity index (χ1v) is 5.94. The van der Waals surface area contributed by atoms with E-state index < -0.39 is 6.10 Å². The largest absolute Gasteiger partial charge is 0.479 e. The number of nitrogens with two attached hydrogens (primary N) is 1. The summed E-state index contributed by atoms with van der Waals surface area (Å²) in [4.78, 5) is 15.6. The predicted molar refractivity (Wildman–Crippen MR) is 68.6 cm³/mol. The van der Waals surface area contributed by atoms with E-state index >= 15 is 0 Å². The first-order chi connectivity index (χ1) is 9.17. The second-order valence-electron chi connectivity index (χ2n) is 4.28. The number of ether oxygens (including phenoxy) is 1. The number of hydrogen-bond acceptors (Lipinski definition) is 5. The lowest BCUT2D eigenvalue weighted by Crippen LogP contribution is -2.34. The van der Waals surface area contributed by atoms with Gasteiger partial charge in [-0.15, -0.1) is 0 Å². The first kappa shape index (κ1) is 11.7. The molecular weight excluding hydrogens is 246 g/mol. The summed E-state index contributed by atoms with van der Waals surface area (Å²) < 4.78 is 11.0. The van der Waals surface area contributed by atoms with Gasteiger partial charge in [-0.25, -0.2) is 4.98 Å². The summed E-state index contributed by atoms with van der Waals surface area (Å²) >= 11 is 0. The third-order valence-corrected chi connectivity index (χ3v) is 2.92. The zero-order chi connectivity index (χ0) is 13.4. The topological polar surface area (TPSA) is 90.4 Å². The quantitative estimate of drug-likeness (QED) is 0.853. The lowest BCUT2D eigenvalue weighted by Gasteiger charge is -2.23. The smallest absolute Gasteiger partial charge is 0.265 e. The van der Waals surface area contributed by atoms with Crippen LogP contribution >= 0.6 is 0 Å². The highest BCUT2D eigenvalue weighted by molar-refractivity contribution is 5.98. The molecule has 6 heteroatoms. The molecule has 1 aromatic carbocycles. The van der Waals surface area contributed by atoms with Crippen LogP contribution in [0, 0.1) is 0 Å². The maximum absolute atomic E-state index is 11.6. The van der Waals surface area contributed by atoms with Gasteiger partial charge < -0.3 is 20.2 Å². The maximum atomic E-state index is 11.6. The number of rotatable bonds is 2. The van der Waals surface area contributed by atoms with Crippen molar-refractivity contribution >= 4 is 11.6 Å². The van der Waals surface area contributed by atoms with Gasteiger partial charge in [0.1, 0.15) is 5.75 Å². The van der Waals surface area contributed by atoms with Gasteiger partial charge in [0, 0.05) is 5.56 Å². The van der Waals surface area contributed by atoms with Crippen molar-refractivity contribution in [2.24, 2.45) is 5.73 Å². The summed E-state index contributed by atoms with van der Waals surface area (Å²) in [7, 11) is 0. The summed E-state index contributed by atoms with van der Waals surface area (Å²) in [5.41, 5.74) is 6.89. The van der Waals surface area contributed by atoms with Crippen molar-refractivity contribution in [3.63, 3.8) is 0 Å². The van der Waals surface area contributed by atoms with Gasteiger partial charge in [0.15, 0.2) is 11.9 Å². The summed E-state index contributed by atoms with van der Waals surface area (Å²) in [6.45, 7) is 1.96. The molecule has 0 saturated heterocycles. The molecule has 0 bridgehead atoms. The normalized spacial score (nSPS) is 17.6. The van der Waals surface area contributed by atoms with Crippen molar-refractivity contribution in [3.8, 4) is 17.1 Å². The van der Waals surface area contributed by atoms with Gasteiger partial charge in [-0.2, -0.15) is 0 Å². The van der Waals surface area contributed by atoms with Crippen LogP contribution in [0.3, 0.4) is 0 Å². The SMILES string of the molecule is CC1Oc2ccc(-c3cnc(CN)o3)cc2NC1=O. The van der Waals surface area contributed by atoms with E-state index in [1.807, 2.05) is 6.07 Å². The molecule has 1 aromatic heterocycles. The molecule has 6 nitrogen and oxygen atoms in total. The Morgan fingerprint density at radius 2 is 2.32 bits per heavy atom. The van der Waals surface area contributed by atoms with Crippen molar-refractivity contribution in [1.29, 1.82) is 0 Å². The molecule has 98 valence electrons. The number of carbonyl (C=O) groups is 1. The first-order valence-electron chi connectivity index (χ1n) is 5.94. The van der Waals surface area contributed by atoms with Crippen LogP contribution in [0.4, 0.5) is 5.69 Å². The van der Waals surface area contributed by atoms with Gasteiger partial charge >= 0.3 is 0 Å². The highest BCUT2D eigenvalue weighted by atomic mass is 16.5. The third-order valence-electron chi connectivity index (χ3n) is 2.92. The van der Waals surface area contributed by atoms with Crippen molar-refractivity contribution in [2.45, 2.75) is 19.6 Å². The van der Waals surface area contributed by atoms with Gasteiger partial charge in [0.05, 0.1) is 18.4 Å². The molecule has 1 aliphatic rings. The van der Waals surface area contributed by atoms with Crippen LogP contribution in [-0.4, -0.2) is 17.0 Å². The lowest BCUT2D eigenvalue weighted by atomic mass is 10.1. The van der Waals surface area contributed by atoms with E-state index in [2.05, 4.69) is 10.3 Å². The molecule has 19 heavy (non-hydrogen) atoms. The molecule has 0 spiro atoms. The Morgan fingerprint density at radius 3 is 3.05 bits per heavy atom. The number of benzene rings is 1. The fourth-order valence-electron chi connectivity index (χ4n) is 1.90. The van der Waals surface area contributed by atoms with Crippen LogP contribution in [0.5, 0.6) is 5.75 Å². The monoisotopic (exact) mass is 259 g/mol. The number of amides is 1. The molecule has 0 radical (unpaired) electrons. The van der Waals surface area contributed by atoms with Gasteiger partial charge in [-0.05, 0) is 25.1 Å². The summed E-state index contributed by atoms with van der Waals surface area (Å²) in [5, 5.41) is 2.79. The molecule has 3 rings (SSSR count). The molecule has 1 unspecified atom stereocenters. The molecule has 2 heterocycles. The van der Waals surface area contributed by atoms with Gasteiger partial charge in [-0.3, -0.25) is 4.79 Å². The van der Waals surface area contributed by atoms with E-state index in [1.165, 1.54) is 0 Å². The highest BCUT2D eigenvalue weighted by Gasteiger charge is 2.23. The summed E-state index contributed by atoms with van der Waals surface area (Å²) in [5.74, 6) is 1.57. The van der Waals surface area contributed by atoms with E-state index in [9.17, 15) is 4.79 Å². The standard InChI is InChI=1S/C13H13N3O3/c1-7-13(17)16-9-4-8(2-3-10(9)18-7)11-6-15-12(5-14)19-11/h2-4,6-7H,5,14H2,1H3,(H,16,17). The Kier molecular flexibility index (Phi) is 2.72. The maximum Gasteiger partial charge on any atom is 0.265 e. The number of nitrogens with zero attached hydrogens (tertiary/aromatic N) is 1. The molecule has 3 N–H and O–H groups in total. The molecule has 2 aromatic rings. The highest BCUT2D eigenvalue weighted by Crippen LogP contribution is 2.34. The fourth-order valence-corrected chi connectivity index (χ4v) is 1.90. The number of anilines is 1. The summed E-state index contributed by atoms with van der Waals surface area (Å²) in [6.07, 6.45) is 1.13. The van der Waals surface area contributed by atoms with Gasteiger partial charge in [0.2, 0.25) is 5.89 Å². The van der Waals surface area contributed by atoms with E-state index in [0.29, 0.717) is 23.1 Å². The third kappa shape index (κ3) is 2.06. The molecular formula is C13H13N3O3. The zero-order valence-corrected chi connectivity index (χ0v) is 10.3. The molecule has 1 atom stereocenters. The Balaban J connectivity index is 1.97. The Hall–Kier alpha value is -2.34. The minimum absolute atomic E-state index is 0.162. The number of hydrogen-bond donors (Lipinski definition) is 2. The average Bonchev–Trinajstić information content (AvgIpc) is 2.88. The minimum atomic E-state index is -0.479. The second kappa shape index (κ2) is 4.40. The predicted octanol–water partition coefficient (Wildman–Crippen LogP) is 1.52. The van der Waals surface area contributed by atoms with Gasteiger partial charge in [-0.1, -0.05) is 0 Å². The van der Waals surface area contributed by atoms with Crippen molar-refractivity contribution in [1.82, 2.24) is 4.98 Å². The van der Waals surface area contributed by atoms with Crippen molar-refractivity contribution in [2.75, 3.05) is 5.32 Å². The fraction of sp³-hybridized carbons (Fsp3) is 0.231. The average molecular weight is 259 g/mol. The van der Waals surface area contributed by atoms with E-state index in [4.69, 9.17) is 14.9 Å². The van der Waals surface area contributed by atoms with Crippen LogP contribution < -0.4 is 15.8 Å². The zero-order valence-electron chi connectivity index (χ0n) is 10.3. The Bertz CT molecular complexity index is 636. The number of nitrogens with one attached hydrogen (secondary N) is 1. The summed E-state index contributed by atoms with van der Waals surface area (Å²) in [6, 6.07) is 5.44. The number of aromatic nitrogens is 1. The Morgan fingerprint density at radius 1 is 1.47 bits per heavy atom. The second-order valence-corrected chi connectivity index (χ2v) is 4.28. The molecule has 0 aliphatic carbocycles. The van der Waals surface area contributed by atoms with Crippen LogP contribution in [0.25, 0.3) is 11.3 Å². The van der Waals surface area contributed by atoms with E-state index in [0.717, 1.165) is 5.56 Å². The lowest BCUT2D eigenvalue weighted by molar-refractivity contribution is -0.122. The van der Waals surface area contributed by atoms with Crippen LogP contribution in [0.2, 0.25) is 0 Å². The van der Waals surface area contributed by atoms with E-state index in [-0.39, 0.29) is 12.5 Å². The van der Waals surface area contributed by atoms with Crippen LogP contribution in [0.15, 0.2) is 28.8 Å². The number of oxazole rings is 1. The van der Waals surface area contributed by atoms with Crippen LogP contribution in [-0.2, 0) is 11.3 Å².